The molecule has 0 unspecified atom stereocenters. The van der Waals surface area contributed by atoms with Gasteiger partial charge in [-0.3, -0.25) is 4.55 Å². The van der Waals surface area contributed by atoms with E-state index in [0.717, 1.165) is 10.5 Å². The maximum atomic E-state index is 11.0. The molecule has 0 aliphatic heterocycles. The highest BCUT2D eigenvalue weighted by molar-refractivity contribution is 9.10. The highest BCUT2D eigenvalue weighted by Crippen LogP contribution is 2.26. The van der Waals surface area contributed by atoms with E-state index in [2.05, 4.69) is 42.5 Å². The van der Waals surface area contributed by atoms with Gasteiger partial charge in [-0.2, -0.15) is 8.42 Å². The highest BCUT2D eigenvalue weighted by atomic mass is 79.9. The van der Waals surface area contributed by atoms with Gasteiger partial charge in [0.25, 0.3) is 9.05 Å². The number of carboxylic acid groups (broad SMARTS) is 2. The average Bonchev–Trinajstić information content (AvgIpc) is 2.53. The molecule has 2 aromatic rings. The number of carboxylic acids is 2. The van der Waals surface area contributed by atoms with Crippen molar-refractivity contribution in [1.82, 2.24) is 0 Å². The summed E-state index contributed by atoms with van der Waals surface area (Å²) in [5.41, 5.74) is 0.177. The van der Waals surface area contributed by atoms with Crippen molar-refractivity contribution >= 4 is 83.5 Å². The second-order valence-corrected chi connectivity index (χ2v) is 10.9. The molecule has 0 atom stereocenters. The standard InChI is InChI=1S/C7H4BrClO4S.C7H5BrO2.ClHO3S.H2/c8-5-2-1-4(7(10)11)3-6(5)14(9,12)13;8-6-3-1-5(2-4-6)7(9)10;1-5(2,3)4;/h1-3H,(H,10,11);1-4H,(H,9,10);(H,2,3,4);1H/i;;;1+1. The molecule has 0 fully saturated rings. The first-order valence-corrected chi connectivity index (χ1v) is 12.8. The molecule has 0 spiro atoms. The fraction of sp³-hybridized carbons (Fsp3) is 0. The van der Waals surface area contributed by atoms with Crippen molar-refractivity contribution in [3.63, 3.8) is 0 Å². The van der Waals surface area contributed by atoms with Crippen molar-refractivity contribution < 1.29 is 42.6 Å². The fourth-order valence-corrected chi connectivity index (χ4v) is 3.80. The average molecular weight is 620 g/mol. The summed E-state index contributed by atoms with van der Waals surface area (Å²) in [4.78, 5) is 20.6. The van der Waals surface area contributed by atoms with E-state index in [9.17, 15) is 18.0 Å². The van der Waals surface area contributed by atoms with E-state index in [-0.39, 0.29) is 16.4 Å². The van der Waals surface area contributed by atoms with Gasteiger partial charge in [-0.15, -0.1) is 0 Å². The van der Waals surface area contributed by atoms with Crippen molar-refractivity contribution in [3.05, 3.63) is 62.5 Å². The summed E-state index contributed by atoms with van der Waals surface area (Å²) in [5.74, 6) is -2.11. The predicted molar refractivity (Wildman–Crippen MR) is 115 cm³/mol. The fourth-order valence-electron chi connectivity index (χ4n) is 1.42. The van der Waals surface area contributed by atoms with Gasteiger partial charge in [-0.05, 0) is 58.4 Å². The molecule has 0 saturated heterocycles. The Morgan fingerprint density at radius 2 is 1.21 bits per heavy atom. The molecule has 0 aliphatic carbocycles. The summed E-state index contributed by atoms with van der Waals surface area (Å²) in [6.45, 7) is 0. The van der Waals surface area contributed by atoms with E-state index in [1.807, 2.05) is 0 Å². The van der Waals surface area contributed by atoms with Crippen LogP contribution >= 0.6 is 53.2 Å². The molecule has 0 heterocycles. The first-order chi connectivity index (χ1) is 13.0. The third-order valence-corrected chi connectivity index (χ3v) is 5.38. The third-order valence-electron chi connectivity index (χ3n) is 2.53. The van der Waals surface area contributed by atoms with E-state index in [4.69, 9.17) is 33.9 Å². The molecule has 9 nitrogen and oxygen atoms in total. The van der Waals surface area contributed by atoms with E-state index < -0.39 is 30.3 Å². The lowest BCUT2D eigenvalue weighted by Crippen LogP contribution is -2.00. The molecule has 0 amide bonds. The first-order valence-electron chi connectivity index (χ1n) is 6.65. The molecule has 29 heavy (non-hydrogen) atoms. The minimum Gasteiger partial charge on any atom is -0.478 e. The Balaban J connectivity index is 0. The number of halogens is 4. The SMILES string of the molecule is O=C(O)c1ccc(Br)c(S(=O)(=O)Cl)c1.O=C(O)c1ccc(Br)cc1.O=S(=O)(O)Cl.[2HH]. The largest absolute Gasteiger partial charge is 0.478 e. The molecule has 0 radical (unpaired) electrons. The van der Waals surface area contributed by atoms with Gasteiger partial charge < -0.3 is 10.2 Å². The van der Waals surface area contributed by atoms with Crippen LogP contribution in [0.25, 0.3) is 0 Å². The molecule has 0 bridgehead atoms. The van der Waals surface area contributed by atoms with Crippen molar-refractivity contribution in [2.45, 2.75) is 4.90 Å². The van der Waals surface area contributed by atoms with Crippen LogP contribution in [0.3, 0.4) is 0 Å². The lowest BCUT2D eigenvalue weighted by molar-refractivity contribution is 0.0686. The summed E-state index contributed by atoms with van der Waals surface area (Å²) in [5, 5.41) is 17.1. The van der Waals surface area contributed by atoms with Crippen LogP contribution in [-0.2, 0) is 18.4 Å². The van der Waals surface area contributed by atoms with Crippen LogP contribution in [0.4, 0.5) is 0 Å². The summed E-state index contributed by atoms with van der Waals surface area (Å²) >= 11 is 6.16. The van der Waals surface area contributed by atoms with Crippen LogP contribution in [0.15, 0.2) is 56.3 Å². The van der Waals surface area contributed by atoms with Gasteiger partial charge in [0.1, 0.15) is 0 Å². The minimum absolute atomic E-state index is 0. The van der Waals surface area contributed by atoms with Gasteiger partial charge in [-0.1, -0.05) is 15.9 Å². The third kappa shape index (κ3) is 12.8. The Bertz CT molecular complexity index is 1080. The first kappa shape index (κ1) is 27.8. The van der Waals surface area contributed by atoms with Crippen LogP contribution in [0.5, 0.6) is 0 Å². The Labute approximate surface area is 192 Å². The Hall–Kier alpha value is -1.22. The number of rotatable bonds is 3. The van der Waals surface area contributed by atoms with Crippen LogP contribution in [0, 0.1) is 0 Å². The topological polar surface area (TPSA) is 163 Å². The lowest BCUT2D eigenvalue weighted by Gasteiger charge is -2.01. The molecule has 3 N–H and O–H groups in total. The molecular formula is C14H12Br2Cl2O9S2. The van der Waals surface area contributed by atoms with Crippen molar-refractivity contribution in [3.8, 4) is 0 Å². The van der Waals surface area contributed by atoms with Gasteiger partial charge in [0.05, 0.1) is 16.0 Å². The van der Waals surface area contributed by atoms with Gasteiger partial charge in [0.2, 0.25) is 0 Å². The van der Waals surface area contributed by atoms with Crippen LogP contribution in [0.2, 0.25) is 0 Å². The van der Waals surface area contributed by atoms with Gasteiger partial charge in [0, 0.05) is 31.7 Å². The number of hydrogen-bond acceptors (Lipinski definition) is 6. The molecular weight excluding hydrogens is 607 g/mol. The zero-order valence-corrected chi connectivity index (χ0v) is 20.0. The zero-order chi connectivity index (χ0) is 23.0. The van der Waals surface area contributed by atoms with Gasteiger partial charge in [-0.25, -0.2) is 18.0 Å². The zero-order valence-electron chi connectivity index (χ0n) is 13.7. The number of carbonyl (C=O) groups is 2. The summed E-state index contributed by atoms with van der Waals surface area (Å²) in [6.07, 6.45) is 0. The van der Waals surface area contributed by atoms with Crippen LogP contribution in [-0.4, -0.2) is 43.5 Å². The molecule has 0 aromatic heterocycles. The quantitative estimate of drug-likeness (QED) is 0.332. The van der Waals surface area contributed by atoms with E-state index in [0.29, 0.717) is 5.56 Å². The molecule has 15 heteroatoms. The maximum Gasteiger partial charge on any atom is 0.353 e. The number of benzene rings is 2. The Kier molecular flexibility index (Phi) is 11.3. The highest BCUT2D eigenvalue weighted by Gasteiger charge is 2.16. The van der Waals surface area contributed by atoms with Crippen molar-refractivity contribution in [1.29, 1.82) is 0 Å². The second-order valence-electron chi connectivity index (χ2n) is 4.61. The summed E-state index contributed by atoms with van der Waals surface area (Å²) < 4.78 is 48.2. The molecule has 0 aliphatic rings. The van der Waals surface area contributed by atoms with Gasteiger partial charge in [0.15, 0.2) is 0 Å². The maximum absolute atomic E-state index is 11.0. The van der Waals surface area contributed by atoms with E-state index in [1.165, 1.54) is 12.1 Å². The molecule has 162 valence electrons. The van der Waals surface area contributed by atoms with Crippen molar-refractivity contribution in [2.75, 3.05) is 0 Å². The van der Waals surface area contributed by atoms with E-state index >= 15 is 0 Å². The number of hydrogen-bond donors (Lipinski definition) is 3. The van der Waals surface area contributed by atoms with Crippen LogP contribution < -0.4 is 0 Å². The summed E-state index contributed by atoms with van der Waals surface area (Å²) in [6, 6.07) is 10.1. The summed E-state index contributed by atoms with van der Waals surface area (Å²) in [7, 11) is 1.03. The second kappa shape index (κ2) is 11.8. The monoisotopic (exact) mass is 617 g/mol. The lowest BCUT2D eigenvalue weighted by atomic mass is 10.2. The smallest absolute Gasteiger partial charge is 0.353 e. The Morgan fingerprint density at radius 3 is 1.55 bits per heavy atom. The molecule has 0 saturated carbocycles. The van der Waals surface area contributed by atoms with E-state index in [1.54, 1.807) is 24.3 Å². The predicted octanol–water partition coefficient (Wildman–Crippen LogP) is 4.50. The molecule has 2 rings (SSSR count). The number of aromatic carboxylic acids is 2. The van der Waals surface area contributed by atoms with Gasteiger partial charge >= 0.3 is 21.3 Å². The Morgan fingerprint density at radius 1 is 0.828 bits per heavy atom. The normalized spacial score (nSPS) is 10.7. The van der Waals surface area contributed by atoms with Crippen molar-refractivity contribution in [2.24, 2.45) is 0 Å². The van der Waals surface area contributed by atoms with Crippen LogP contribution in [0.1, 0.15) is 22.1 Å². The molecule has 2 aromatic carbocycles. The minimum atomic E-state index is -4.19.